The van der Waals surface area contributed by atoms with Gasteiger partial charge in [-0.05, 0) is 60.6 Å². The Labute approximate surface area is 181 Å². The van der Waals surface area contributed by atoms with E-state index in [1.54, 1.807) is 6.07 Å². The SMILES string of the molecule is CCCCCCCc1ccc(-c2ccc(-c3ccc(CCCC)cc3)cn2)c(F)c1. The molecule has 0 fully saturated rings. The maximum atomic E-state index is 14.7. The highest BCUT2D eigenvalue weighted by Gasteiger charge is 2.08. The average molecular weight is 404 g/mol. The molecule has 3 aromatic rings. The number of hydrogen-bond donors (Lipinski definition) is 0. The molecule has 0 radical (unpaired) electrons. The van der Waals surface area contributed by atoms with Crippen molar-refractivity contribution in [3.05, 3.63) is 77.7 Å². The van der Waals surface area contributed by atoms with E-state index >= 15 is 0 Å². The Kier molecular flexibility index (Phi) is 8.62. The zero-order valence-electron chi connectivity index (χ0n) is 18.5. The standard InChI is InChI=1S/C28H34FN/c1-3-5-7-8-9-11-23-14-18-26(27(29)20-23)28-19-17-25(21-30-28)24-15-12-22(13-16-24)10-6-4-2/h12-21H,3-11H2,1-2H3. The minimum atomic E-state index is -0.179. The molecule has 0 saturated heterocycles. The van der Waals surface area contributed by atoms with E-state index in [0.29, 0.717) is 11.3 Å². The molecule has 0 bridgehead atoms. The van der Waals surface area contributed by atoms with Crippen LogP contribution in [0, 0.1) is 5.82 Å². The topological polar surface area (TPSA) is 12.9 Å². The second-order valence-electron chi connectivity index (χ2n) is 8.21. The van der Waals surface area contributed by atoms with E-state index in [4.69, 9.17) is 0 Å². The van der Waals surface area contributed by atoms with Gasteiger partial charge in [0.2, 0.25) is 0 Å². The molecule has 0 amide bonds. The molecule has 0 aliphatic heterocycles. The molecular formula is C28H34FN. The molecule has 0 aliphatic carbocycles. The van der Waals surface area contributed by atoms with Gasteiger partial charge in [0.25, 0.3) is 0 Å². The normalized spacial score (nSPS) is 11.0. The van der Waals surface area contributed by atoms with Crippen molar-refractivity contribution in [2.75, 3.05) is 0 Å². The number of hydrogen-bond acceptors (Lipinski definition) is 1. The van der Waals surface area contributed by atoms with Gasteiger partial charge in [-0.2, -0.15) is 0 Å². The molecule has 0 aliphatic rings. The Morgan fingerprint density at radius 1 is 0.667 bits per heavy atom. The number of nitrogens with zero attached hydrogens (tertiary/aromatic N) is 1. The molecule has 2 heteroatoms. The van der Waals surface area contributed by atoms with Crippen LogP contribution in [0.3, 0.4) is 0 Å². The van der Waals surface area contributed by atoms with Crippen molar-refractivity contribution in [1.82, 2.24) is 4.98 Å². The number of aromatic nitrogens is 1. The predicted molar refractivity (Wildman–Crippen MR) is 126 cm³/mol. The van der Waals surface area contributed by atoms with Crippen LogP contribution < -0.4 is 0 Å². The quantitative estimate of drug-likeness (QED) is 0.293. The van der Waals surface area contributed by atoms with Gasteiger partial charge in [0.15, 0.2) is 0 Å². The third kappa shape index (κ3) is 6.26. The fourth-order valence-electron chi connectivity index (χ4n) is 3.82. The number of unbranched alkanes of at least 4 members (excludes halogenated alkanes) is 5. The van der Waals surface area contributed by atoms with Gasteiger partial charge in [0.05, 0.1) is 5.69 Å². The number of pyridine rings is 1. The summed E-state index contributed by atoms with van der Waals surface area (Å²) in [5, 5.41) is 0. The summed E-state index contributed by atoms with van der Waals surface area (Å²) in [6.45, 7) is 4.44. The van der Waals surface area contributed by atoms with Crippen molar-refractivity contribution in [2.45, 2.75) is 71.6 Å². The van der Waals surface area contributed by atoms with Crippen LogP contribution in [-0.4, -0.2) is 4.98 Å². The fraction of sp³-hybridized carbons (Fsp3) is 0.393. The van der Waals surface area contributed by atoms with Crippen LogP contribution >= 0.6 is 0 Å². The number of aryl methyl sites for hydroxylation is 2. The summed E-state index contributed by atoms with van der Waals surface area (Å²) in [5.41, 5.74) is 5.92. The van der Waals surface area contributed by atoms with Gasteiger partial charge in [-0.15, -0.1) is 0 Å². The Morgan fingerprint density at radius 3 is 2.00 bits per heavy atom. The summed E-state index contributed by atoms with van der Waals surface area (Å²) in [4.78, 5) is 4.54. The van der Waals surface area contributed by atoms with Crippen LogP contribution in [0.2, 0.25) is 0 Å². The lowest BCUT2D eigenvalue weighted by atomic mass is 10.0. The van der Waals surface area contributed by atoms with Gasteiger partial charge >= 0.3 is 0 Å². The van der Waals surface area contributed by atoms with Crippen molar-refractivity contribution >= 4 is 0 Å². The van der Waals surface area contributed by atoms with Gasteiger partial charge < -0.3 is 0 Å². The third-order valence-corrected chi connectivity index (χ3v) is 5.75. The van der Waals surface area contributed by atoms with E-state index in [-0.39, 0.29) is 5.82 Å². The number of benzene rings is 2. The molecule has 0 N–H and O–H groups in total. The Balaban J connectivity index is 1.64. The summed E-state index contributed by atoms with van der Waals surface area (Å²) in [5.74, 6) is -0.179. The number of rotatable bonds is 11. The van der Waals surface area contributed by atoms with Crippen LogP contribution in [0.4, 0.5) is 4.39 Å². The fourth-order valence-corrected chi connectivity index (χ4v) is 3.82. The second kappa shape index (κ2) is 11.6. The van der Waals surface area contributed by atoms with E-state index in [9.17, 15) is 4.39 Å². The molecule has 0 spiro atoms. The van der Waals surface area contributed by atoms with Gasteiger partial charge in [-0.25, -0.2) is 4.39 Å². The van der Waals surface area contributed by atoms with Gasteiger partial charge in [-0.3, -0.25) is 4.98 Å². The van der Waals surface area contributed by atoms with Crippen LogP contribution in [0.5, 0.6) is 0 Å². The highest BCUT2D eigenvalue weighted by molar-refractivity contribution is 5.67. The largest absolute Gasteiger partial charge is 0.256 e. The van der Waals surface area contributed by atoms with E-state index in [1.807, 2.05) is 30.5 Å². The predicted octanol–water partition coefficient (Wildman–Crippen LogP) is 8.41. The van der Waals surface area contributed by atoms with Gasteiger partial charge in [0.1, 0.15) is 5.82 Å². The first-order valence-electron chi connectivity index (χ1n) is 11.6. The van der Waals surface area contributed by atoms with Gasteiger partial charge in [-0.1, -0.05) is 82.3 Å². The maximum absolute atomic E-state index is 14.7. The average Bonchev–Trinajstić information content (AvgIpc) is 2.78. The maximum Gasteiger partial charge on any atom is 0.132 e. The lowest BCUT2D eigenvalue weighted by Crippen LogP contribution is -1.93. The highest BCUT2D eigenvalue weighted by atomic mass is 19.1. The highest BCUT2D eigenvalue weighted by Crippen LogP contribution is 2.26. The summed E-state index contributed by atoms with van der Waals surface area (Å²) < 4.78 is 14.7. The lowest BCUT2D eigenvalue weighted by Gasteiger charge is -2.08. The van der Waals surface area contributed by atoms with E-state index in [2.05, 4.69) is 43.1 Å². The molecule has 3 rings (SSSR count). The molecular weight excluding hydrogens is 369 g/mol. The molecule has 2 aromatic carbocycles. The monoisotopic (exact) mass is 403 g/mol. The lowest BCUT2D eigenvalue weighted by molar-refractivity contribution is 0.617. The Hall–Kier alpha value is -2.48. The minimum absolute atomic E-state index is 0.179. The van der Waals surface area contributed by atoms with Crippen LogP contribution in [0.1, 0.15) is 69.9 Å². The Bertz CT molecular complexity index is 897. The zero-order chi connectivity index (χ0) is 21.2. The summed E-state index contributed by atoms with van der Waals surface area (Å²) >= 11 is 0. The van der Waals surface area contributed by atoms with Crippen molar-refractivity contribution in [3.8, 4) is 22.4 Å². The van der Waals surface area contributed by atoms with Crippen LogP contribution in [-0.2, 0) is 12.8 Å². The summed E-state index contributed by atoms with van der Waals surface area (Å²) in [6, 6.07) is 18.2. The van der Waals surface area contributed by atoms with Crippen LogP contribution in [0.25, 0.3) is 22.4 Å². The molecule has 0 unspecified atom stereocenters. The van der Waals surface area contributed by atoms with E-state index in [0.717, 1.165) is 36.0 Å². The van der Waals surface area contributed by atoms with E-state index in [1.165, 1.54) is 44.1 Å². The molecule has 1 heterocycles. The molecule has 0 saturated carbocycles. The molecule has 1 aromatic heterocycles. The molecule has 0 atom stereocenters. The van der Waals surface area contributed by atoms with Crippen molar-refractivity contribution in [3.63, 3.8) is 0 Å². The van der Waals surface area contributed by atoms with Crippen LogP contribution in [0.15, 0.2) is 60.8 Å². The summed E-state index contributed by atoms with van der Waals surface area (Å²) in [6.07, 6.45) is 12.5. The van der Waals surface area contributed by atoms with Crippen molar-refractivity contribution < 1.29 is 4.39 Å². The molecule has 1 nitrogen and oxygen atoms in total. The van der Waals surface area contributed by atoms with Crippen molar-refractivity contribution in [2.24, 2.45) is 0 Å². The molecule has 158 valence electrons. The first kappa shape index (κ1) is 22.2. The summed E-state index contributed by atoms with van der Waals surface area (Å²) in [7, 11) is 0. The van der Waals surface area contributed by atoms with Crippen molar-refractivity contribution in [1.29, 1.82) is 0 Å². The molecule has 30 heavy (non-hydrogen) atoms. The first-order chi connectivity index (χ1) is 14.7. The smallest absolute Gasteiger partial charge is 0.132 e. The van der Waals surface area contributed by atoms with Gasteiger partial charge in [0, 0.05) is 17.3 Å². The minimum Gasteiger partial charge on any atom is -0.256 e. The Morgan fingerprint density at radius 2 is 1.33 bits per heavy atom. The second-order valence-corrected chi connectivity index (χ2v) is 8.21. The first-order valence-corrected chi connectivity index (χ1v) is 11.6. The van der Waals surface area contributed by atoms with E-state index < -0.39 is 0 Å². The third-order valence-electron chi connectivity index (χ3n) is 5.75. The zero-order valence-corrected chi connectivity index (χ0v) is 18.5. The number of halogens is 1.